The fourth-order valence-corrected chi connectivity index (χ4v) is 6.44. The van der Waals surface area contributed by atoms with Crippen molar-refractivity contribution in [3.63, 3.8) is 0 Å². The zero-order valence-corrected chi connectivity index (χ0v) is 20.7. The molecular formula is C23H16Cl2F3NO4S2. The van der Waals surface area contributed by atoms with Crippen LogP contribution in [0, 0.1) is 0 Å². The van der Waals surface area contributed by atoms with Crippen molar-refractivity contribution < 1.29 is 30.0 Å². The Kier molecular flexibility index (Phi) is 8.00. The third-order valence-electron chi connectivity index (χ3n) is 4.41. The first kappa shape index (κ1) is 26.8. The van der Waals surface area contributed by atoms with Crippen LogP contribution in [0.2, 0.25) is 10.0 Å². The minimum atomic E-state index is -4.84. The summed E-state index contributed by atoms with van der Waals surface area (Å²) in [5.41, 5.74) is -1.27. The van der Waals surface area contributed by atoms with E-state index in [1.165, 1.54) is 24.3 Å². The van der Waals surface area contributed by atoms with Gasteiger partial charge in [-0.15, -0.1) is 0 Å². The molecule has 0 saturated carbocycles. The van der Waals surface area contributed by atoms with Gasteiger partial charge in [-0.3, -0.25) is 0 Å². The molecule has 0 aliphatic carbocycles. The molecule has 0 saturated heterocycles. The number of hydrogen-bond acceptors (Lipinski definition) is 4. The number of hydrogen-bond donors (Lipinski definition) is 0. The molecule has 3 rings (SSSR count). The van der Waals surface area contributed by atoms with E-state index in [0.717, 1.165) is 24.3 Å². The zero-order valence-electron chi connectivity index (χ0n) is 17.5. The molecule has 0 fully saturated rings. The van der Waals surface area contributed by atoms with Gasteiger partial charge in [-0.05, 0) is 65.7 Å². The molecule has 0 aliphatic heterocycles. The van der Waals surface area contributed by atoms with Gasteiger partial charge >= 0.3 is 6.18 Å². The molecule has 0 spiro atoms. The van der Waals surface area contributed by atoms with Crippen LogP contribution in [0.3, 0.4) is 0 Å². The Labute approximate surface area is 210 Å². The smallest absolute Gasteiger partial charge is 0.201 e. The summed E-state index contributed by atoms with van der Waals surface area (Å²) < 4.78 is 92.3. The second-order valence-corrected chi connectivity index (χ2v) is 11.5. The van der Waals surface area contributed by atoms with E-state index in [9.17, 15) is 30.0 Å². The Morgan fingerprint density at radius 3 is 1.57 bits per heavy atom. The monoisotopic (exact) mass is 561 g/mol. The summed E-state index contributed by atoms with van der Waals surface area (Å²) in [5, 5.41) is 1.75. The minimum Gasteiger partial charge on any atom is -0.201 e. The summed E-state index contributed by atoms with van der Waals surface area (Å²) in [5.74, 6) is 0. The van der Waals surface area contributed by atoms with Crippen LogP contribution in [-0.2, 0) is 26.2 Å². The fraction of sp³-hybridized carbons (Fsp3) is 0.0435. The van der Waals surface area contributed by atoms with Crippen LogP contribution in [0.25, 0.3) is 12.2 Å². The highest BCUT2D eigenvalue weighted by atomic mass is 35.5. The first-order valence-electron chi connectivity index (χ1n) is 9.63. The molecular weight excluding hydrogens is 546 g/mol. The van der Waals surface area contributed by atoms with E-state index in [4.69, 9.17) is 23.2 Å². The zero-order chi connectivity index (χ0) is 25.9. The molecule has 0 N–H and O–H groups in total. The van der Waals surface area contributed by atoms with E-state index in [-0.39, 0.29) is 3.71 Å². The van der Waals surface area contributed by atoms with Gasteiger partial charge in [0.2, 0.25) is 0 Å². The van der Waals surface area contributed by atoms with Crippen molar-refractivity contribution in [3.8, 4) is 0 Å². The predicted molar refractivity (Wildman–Crippen MR) is 133 cm³/mol. The summed E-state index contributed by atoms with van der Waals surface area (Å²) >= 11 is 11.8. The van der Waals surface area contributed by atoms with E-state index in [0.29, 0.717) is 44.1 Å². The number of sulfonamides is 2. The van der Waals surface area contributed by atoms with Crippen molar-refractivity contribution in [3.05, 3.63) is 110 Å². The topological polar surface area (TPSA) is 71.5 Å². The molecule has 35 heavy (non-hydrogen) atoms. The summed E-state index contributed by atoms with van der Waals surface area (Å²) in [7, 11) is -9.68. The van der Waals surface area contributed by atoms with Gasteiger partial charge in [0.1, 0.15) is 0 Å². The molecule has 5 nitrogen and oxygen atoms in total. The number of halogens is 5. The fourth-order valence-electron chi connectivity index (χ4n) is 2.89. The molecule has 0 atom stereocenters. The molecule has 12 heteroatoms. The minimum absolute atomic E-state index is 0.0721. The standard InChI is InChI=1S/C23H16Cl2F3NO4S2/c24-20-7-1-4-17(14-20)10-12-34(30,31)29(22-9-3-6-19(16-22)23(26,27)28)35(32,33)13-11-18-5-2-8-21(25)15-18/h1-16H/b12-10+,13-11+. The van der Waals surface area contributed by atoms with Crippen LogP contribution < -0.4 is 3.71 Å². The molecule has 0 unspecified atom stereocenters. The quantitative estimate of drug-likeness (QED) is 0.317. The Bertz CT molecular complexity index is 1420. The third kappa shape index (κ3) is 7.11. The van der Waals surface area contributed by atoms with Gasteiger partial charge in [0.15, 0.2) is 0 Å². The highest BCUT2D eigenvalue weighted by Crippen LogP contribution is 2.34. The summed E-state index contributed by atoms with van der Waals surface area (Å²) in [6.07, 6.45) is -2.67. The maximum Gasteiger partial charge on any atom is 0.416 e. The van der Waals surface area contributed by atoms with Crippen LogP contribution in [0.4, 0.5) is 18.9 Å². The maximum absolute atomic E-state index is 13.3. The Morgan fingerprint density at radius 2 is 1.14 bits per heavy atom. The van der Waals surface area contributed by atoms with Gasteiger partial charge in [0.05, 0.1) is 22.1 Å². The first-order chi connectivity index (χ1) is 16.3. The number of benzene rings is 3. The average Bonchev–Trinajstić information content (AvgIpc) is 2.76. The predicted octanol–water partition coefficient (Wildman–Crippen LogP) is 6.82. The van der Waals surface area contributed by atoms with Gasteiger partial charge in [-0.25, -0.2) is 16.8 Å². The summed E-state index contributed by atoms with van der Waals surface area (Å²) in [6, 6.07) is 15.1. The SMILES string of the molecule is O=S(=O)(/C=C/c1cccc(Cl)c1)N(c1cccc(C(F)(F)F)c1)S(=O)(=O)/C=C/c1cccc(Cl)c1. The number of nitrogens with zero attached hydrogens (tertiary/aromatic N) is 1. The number of anilines is 1. The van der Waals surface area contributed by atoms with Crippen molar-refractivity contribution in [2.45, 2.75) is 6.18 Å². The lowest BCUT2D eigenvalue weighted by molar-refractivity contribution is -0.137. The van der Waals surface area contributed by atoms with E-state index < -0.39 is 37.5 Å². The van der Waals surface area contributed by atoms with Gasteiger partial charge in [-0.2, -0.15) is 16.9 Å². The number of rotatable bonds is 7. The Balaban J connectivity index is 2.13. The highest BCUT2D eigenvalue weighted by molar-refractivity contribution is 8.12. The van der Waals surface area contributed by atoms with Gasteiger partial charge in [0.25, 0.3) is 20.0 Å². The number of alkyl halides is 3. The molecule has 0 heterocycles. The van der Waals surface area contributed by atoms with Crippen molar-refractivity contribution in [2.75, 3.05) is 3.71 Å². The highest BCUT2D eigenvalue weighted by Gasteiger charge is 2.35. The molecule has 0 aromatic heterocycles. The van der Waals surface area contributed by atoms with Gasteiger partial charge in [0, 0.05) is 10.0 Å². The second-order valence-electron chi connectivity index (χ2n) is 7.05. The van der Waals surface area contributed by atoms with E-state index in [1.807, 2.05) is 0 Å². The molecule has 184 valence electrons. The van der Waals surface area contributed by atoms with Crippen molar-refractivity contribution >= 4 is 61.1 Å². The molecule has 3 aromatic carbocycles. The molecule has 0 bridgehead atoms. The van der Waals surface area contributed by atoms with Crippen LogP contribution in [0.1, 0.15) is 16.7 Å². The van der Waals surface area contributed by atoms with Crippen LogP contribution in [-0.4, -0.2) is 16.8 Å². The summed E-state index contributed by atoms with van der Waals surface area (Å²) in [4.78, 5) is 0. The summed E-state index contributed by atoms with van der Waals surface area (Å²) in [6.45, 7) is 0. The second kappa shape index (κ2) is 10.4. The lowest BCUT2D eigenvalue weighted by Gasteiger charge is -2.21. The van der Waals surface area contributed by atoms with E-state index >= 15 is 0 Å². The van der Waals surface area contributed by atoms with Crippen LogP contribution in [0.15, 0.2) is 83.6 Å². The average molecular weight is 562 g/mol. The molecule has 0 radical (unpaired) electrons. The molecule has 3 aromatic rings. The molecule has 0 amide bonds. The van der Waals surface area contributed by atoms with Gasteiger partial charge < -0.3 is 0 Å². The Hall–Kier alpha value is -2.79. The van der Waals surface area contributed by atoms with Crippen LogP contribution >= 0.6 is 23.2 Å². The van der Waals surface area contributed by atoms with Crippen molar-refractivity contribution in [1.29, 1.82) is 0 Å². The van der Waals surface area contributed by atoms with Crippen LogP contribution in [0.5, 0.6) is 0 Å². The van der Waals surface area contributed by atoms with E-state index in [2.05, 4.69) is 0 Å². The lowest BCUT2D eigenvalue weighted by Crippen LogP contribution is -2.34. The third-order valence-corrected chi connectivity index (χ3v) is 8.43. The normalized spacial score (nSPS) is 12.9. The first-order valence-corrected chi connectivity index (χ1v) is 13.4. The van der Waals surface area contributed by atoms with Crippen molar-refractivity contribution in [2.24, 2.45) is 0 Å². The van der Waals surface area contributed by atoms with Crippen molar-refractivity contribution in [1.82, 2.24) is 0 Å². The maximum atomic E-state index is 13.3. The largest absolute Gasteiger partial charge is 0.416 e. The molecule has 0 aliphatic rings. The lowest BCUT2D eigenvalue weighted by atomic mass is 10.2. The van der Waals surface area contributed by atoms with E-state index in [1.54, 1.807) is 24.3 Å². The van der Waals surface area contributed by atoms with Gasteiger partial charge in [-0.1, -0.05) is 53.5 Å². The Morgan fingerprint density at radius 1 is 0.686 bits per heavy atom.